The number of nitriles is 1. The van der Waals surface area contributed by atoms with E-state index in [4.69, 9.17) is 20.1 Å². The van der Waals surface area contributed by atoms with Crippen molar-refractivity contribution < 1.29 is 9.15 Å². The maximum absolute atomic E-state index is 8.93. The highest BCUT2D eigenvalue weighted by atomic mass is 16.5. The number of benzene rings is 1. The van der Waals surface area contributed by atoms with Crippen molar-refractivity contribution in [2.24, 2.45) is 0 Å². The number of pyridine rings is 1. The standard InChI is InChI=1S/C25H24N8O2/c26-9-5-20-13-18(6-10-28-20)21-15-30-23(27)22(31-21)25-33-32-24(35-25)17-3-1-16(2-4-17)14-29-19-7-11-34-12-8-19/h1-4,6,10,13,15,19,29H,5,7-8,11-12,14H2,(H2,27,30). The second-order valence-corrected chi connectivity index (χ2v) is 8.24. The van der Waals surface area contributed by atoms with Crippen molar-refractivity contribution >= 4 is 5.82 Å². The van der Waals surface area contributed by atoms with E-state index in [-0.39, 0.29) is 18.1 Å². The molecule has 3 N–H and O–H groups in total. The van der Waals surface area contributed by atoms with Gasteiger partial charge in [0, 0.05) is 43.1 Å². The maximum atomic E-state index is 8.93. The molecule has 1 aromatic carbocycles. The number of anilines is 1. The molecule has 1 aliphatic rings. The van der Waals surface area contributed by atoms with Crippen LogP contribution in [0.15, 0.2) is 53.2 Å². The molecule has 1 fully saturated rings. The van der Waals surface area contributed by atoms with Crippen LogP contribution < -0.4 is 11.1 Å². The third-order valence-electron chi connectivity index (χ3n) is 5.82. The van der Waals surface area contributed by atoms with Gasteiger partial charge in [-0.05, 0) is 42.7 Å². The molecule has 35 heavy (non-hydrogen) atoms. The molecule has 1 aliphatic heterocycles. The lowest BCUT2D eigenvalue weighted by molar-refractivity contribution is 0.0776. The quantitative estimate of drug-likeness (QED) is 0.414. The van der Waals surface area contributed by atoms with Crippen LogP contribution in [0.25, 0.3) is 34.3 Å². The number of nitrogen functional groups attached to an aromatic ring is 1. The molecular formula is C25H24N8O2. The summed E-state index contributed by atoms with van der Waals surface area (Å²) < 4.78 is 11.3. The molecule has 0 radical (unpaired) electrons. The minimum absolute atomic E-state index is 0.184. The van der Waals surface area contributed by atoms with Gasteiger partial charge in [-0.15, -0.1) is 10.2 Å². The number of rotatable bonds is 7. The lowest BCUT2D eigenvalue weighted by Gasteiger charge is -2.23. The first kappa shape index (κ1) is 22.6. The summed E-state index contributed by atoms with van der Waals surface area (Å²) >= 11 is 0. The molecule has 0 unspecified atom stereocenters. The van der Waals surface area contributed by atoms with Gasteiger partial charge in [0.25, 0.3) is 5.89 Å². The summed E-state index contributed by atoms with van der Waals surface area (Å²) in [5.41, 5.74) is 10.3. The Morgan fingerprint density at radius 1 is 1.03 bits per heavy atom. The average Bonchev–Trinajstić information content (AvgIpc) is 3.39. The van der Waals surface area contributed by atoms with E-state index in [0.717, 1.165) is 43.7 Å². The van der Waals surface area contributed by atoms with E-state index in [1.165, 1.54) is 5.56 Å². The molecule has 5 rings (SSSR count). The first-order valence-corrected chi connectivity index (χ1v) is 11.4. The highest BCUT2D eigenvalue weighted by molar-refractivity contribution is 5.68. The van der Waals surface area contributed by atoms with Gasteiger partial charge in [0.2, 0.25) is 5.89 Å². The minimum Gasteiger partial charge on any atom is -0.414 e. The predicted molar refractivity (Wildman–Crippen MR) is 128 cm³/mol. The van der Waals surface area contributed by atoms with Crippen LogP contribution in [-0.2, 0) is 17.7 Å². The minimum atomic E-state index is 0.184. The summed E-state index contributed by atoms with van der Waals surface area (Å²) in [6.45, 7) is 2.43. The Labute approximate surface area is 202 Å². The fourth-order valence-electron chi connectivity index (χ4n) is 3.87. The normalized spacial score (nSPS) is 14.0. The van der Waals surface area contributed by atoms with E-state index in [2.05, 4.69) is 36.5 Å². The number of nitrogens with two attached hydrogens (primary N) is 1. The zero-order valence-corrected chi connectivity index (χ0v) is 19.0. The molecule has 176 valence electrons. The fourth-order valence-corrected chi connectivity index (χ4v) is 3.87. The number of ether oxygens (including phenoxy) is 1. The van der Waals surface area contributed by atoms with Crippen molar-refractivity contribution in [2.45, 2.75) is 31.8 Å². The Bertz CT molecular complexity index is 1340. The van der Waals surface area contributed by atoms with Crippen molar-refractivity contribution in [1.82, 2.24) is 30.5 Å². The van der Waals surface area contributed by atoms with Gasteiger partial charge in [-0.25, -0.2) is 9.97 Å². The zero-order valence-electron chi connectivity index (χ0n) is 19.0. The third kappa shape index (κ3) is 5.32. The van der Waals surface area contributed by atoms with Crippen molar-refractivity contribution in [2.75, 3.05) is 18.9 Å². The summed E-state index contributed by atoms with van der Waals surface area (Å²) in [5, 5.41) is 20.8. The molecule has 0 spiro atoms. The Morgan fingerprint density at radius 2 is 1.83 bits per heavy atom. The first-order valence-electron chi connectivity index (χ1n) is 11.4. The molecule has 0 amide bonds. The smallest absolute Gasteiger partial charge is 0.270 e. The number of nitrogens with one attached hydrogen (secondary N) is 1. The van der Waals surface area contributed by atoms with Crippen LogP contribution in [-0.4, -0.2) is 44.4 Å². The second kappa shape index (κ2) is 10.4. The molecule has 10 heteroatoms. The molecule has 4 heterocycles. The van der Waals surface area contributed by atoms with Crippen LogP contribution in [0.2, 0.25) is 0 Å². The van der Waals surface area contributed by atoms with E-state index in [1.807, 2.05) is 24.3 Å². The van der Waals surface area contributed by atoms with Crippen LogP contribution in [0, 0.1) is 11.3 Å². The fraction of sp³-hybridized carbons (Fsp3) is 0.280. The van der Waals surface area contributed by atoms with Gasteiger partial charge in [-0.3, -0.25) is 4.98 Å². The van der Waals surface area contributed by atoms with Gasteiger partial charge in [0.15, 0.2) is 11.5 Å². The first-order chi connectivity index (χ1) is 17.2. The molecule has 1 saturated heterocycles. The Morgan fingerprint density at radius 3 is 2.63 bits per heavy atom. The number of hydrogen-bond donors (Lipinski definition) is 2. The second-order valence-electron chi connectivity index (χ2n) is 8.24. The van der Waals surface area contributed by atoms with Gasteiger partial charge < -0.3 is 20.2 Å². The topological polar surface area (TPSA) is 149 Å². The maximum Gasteiger partial charge on any atom is 0.270 e. The summed E-state index contributed by atoms with van der Waals surface area (Å²) in [5.74, 6) is 0.740. The van der Waals surface area contributed by atoms with Crippen molar-refractivity contribution in [1.29, 1.82) is 5.26 Å². The zero-order chi connectivity index (χ0) is 24.0. The van der Waals surface area contributed by atoms with Crippen molar-refractivity contribution in [3.8, 4) is 40.4 Å². The molecule has 10 nitrogen and oxygen atoms in total. The van der Waals surface area contributed by atoms with Crippen molar-refractivity contribution in [3.05, 3.63) is 60.0 Å². The molecule has 0 aliphatic carbocycles. The van der Waals surface area contributed by atoms with Crippen LogP contribution in [0.3, 0.4) is 0 Å². The summed E-state index contributed by atoms with van der Waals surface area (Å²) in [7, 11) is 0. The van der Waals surface area contributed by atoms with E-state index in [9.17, 15) is 0 Å². The Balaban J connectivity index is 1.32. The Hall–Kier alpha value is -4.20. The third-order valence-corrected chi connectivity index (χ3v) is 5.82. The summed E-state index contributed by atoms with van der Waals surface area (Å²) in [4.78, 5) is 13.0. The van der Waals surface area contributed by atoms with Gasteiger partial charge in [-0.1, -0.05) is 12.1 Å². The molecule has 0 saturated carbocycles. The lowest BCUT2D eigenvalue weighted by atomic mass is 10.1. The van der Waals surface area contributed by atoms with E-state index < -0.39 is 0 Å². The molecule has 0 atom stereocenters. The van der Waals surface area contributed by atoms with Crippen molar-refractivity contribution in [3.63, 3.8) is 0 Å². The van der Waals surface area contributed by atoms with Gasteiger partial charge in [0.05, 0.1) is 30.1 Å². The number of aromatic nitrogens is 5. The van der Waals surface area contributed by atoms with Gasteiger partial charge in [-0.2, -0.15) is 5.26 Å². The monoisotopic (exact) mass is 468 g/mol. The number of nitrogens with zero attached hydrogens (tertiary/aromatic N) is 6. The van der Waals surface area contributed by atoms with Gasteiger partial charge >= 0.3 is 0 Å². The molecule has 4 aromatic rings. The van der Waals surface area contributed by atoms with Crippen LogP contribution in [0.5, 0.6) is 0 Å². The van der Waals surface area contributed by atoms with Crippen LogP contribution >= 0.6 is 0 Å². The molecule has 3 aromatic heterocycles. The lowest BCUT2D eigenvalue weighted by Crippen LogP contribution is -2.34. The Kier molecular flexibility index (Phi) is 6.70. The number of hydrogen-bond acceptors (Lipinski definition) is 10. The van der Waals surface area contributed by atoms with Gasteiger partial charge in [0.1, 0.15) is 0 Å². The van der Waals surface area contributed by atoms with Crippen LogP contribution in [0.4, 0.5) is 5.82 Å². The predicted octanol–water partition coefficient (Wildman–Crippen LogP) is 3.17. The molecule has 0 bridgehead atoms. The summed E-state index contributed by atoms with van der Waals surface area (Å²) in [6, 6.07) is 14.2. The van der Waals surface area contributed by atoms with E-state index in [0.29, 0.717) is 29.0 Å². The van der Waals surface area contributed by atoms with E-state index >= 15 is 0 Å². The summed E-state index contributed by atoms with van der Waals surface area (Å²) in [6.07, 6.45) is 5.49. The highest BCUT2D eigenvalue weighted by Crippen LogP contribution is 2.28. The SMILES string of the molecule is N#CCc1cc(-c2cnc(N)c(-c3nnc(-c4ccc(CNC5CCOCC5)cc4)o3)n2)ccn1. The average molecular weight is 469 g/mol. The van der Waals surface area contributed by atoms with E-state index in [1.54, 1.807) is 24.5 Å². The van der Waals surface area contributed by atoms with Crippen LogP contribution in [0.1, 0.15) is 24.1 Å². The largest absolute Gasteiger partial charge is 0.414 e. The highest BCUT2D eigenvalue weighted by Gasteiger charge is 2.17. The molecular weight excluding hydrogens is 444 g/mol.